The van der Waals surface area contributed by atoms with Gasteiger partial charge in [-0.05, 0) is 49.2 Å². The highest BCUT2D eigenvalue weighted by Crippen LogP contribution is 2.32. The quantitative estimate of drug-likeness (QED) is 0.262. The number of carbonyl (C=O) groups excluding carboxylic acids is 4. The highest BCUT2D eigenvalue weighted by Gasteiger charge is 2.31. The van der Waals surface area contributed by atoms with E-state index in [1.165, 1.54) is 23.8 Å². The van der Waals surface area contributed by atoms with E-state index < -0.39 is 11.9 Å². The topological polar surface area (TPSA) is 105 Å². The number of ether oxygens (including phenoxy) is 1. The Morgan fingerprint density at radius 3 is 2.32 bits per heavy atom. The van der Waals surface area contributed by atoms with Gasteiger partial charge in [0.25, 0.3) is 11.8 Å². The Bertz CT molecular complexity index is 1140. The molecule has 0 unspecified atom stereocenters. The van der Waals surface area contributed by atoms with Gasteiger partial charge in [-0.3, -0.25) is 30.1 Å². The number of nitrogens with zero attached hydrogens (tertiary/aromatic N) is 1. The number of benzene rings is 2. The number of methoxy groups -OCH3 is 1. The fraction of sp³-hybridized carbons (Fsp3) is 0.208. The molecule has 2 aromatic carbocycles. The summed E-state index contributed by atoms with van der Waals surface area (Å²) in [5.74, 6) is -1.45. The Morgan fingerprint density at radius 1 is 1.03 bits per heavy atom. The summed E-state index contributed by atoms with van der Waals surface area (Å²) in [4.78, 5) is 50.3. The lowest BCUT2D eigenvalue weighted by Gasteiger charge is -2.14. The molecule has 3 rings (SSSR count). The molecule has 1 fully saturated rings. The van der Waals surface area contributed by atoms with E-state index >= 15 is 0 Å². The summed E-state index contributed by atoms with van der Waals surface area (Å²) >= 11 is 6.50. The molecule has 2 N–H and O–H groups in total. The fourth-order valence-corrected chi connectivity index (χ4v) is 4.35. The van der Waals surface area contributed by atoms with Crippen molar-refractivity contribution in [2.75, 3.05) is 13.7 Å². The van der Waals surface area contributed by atoms with Crippen molar-refractivity contribution in [1.29, 1.82) is 0 Å². The number of hydrazine groups is 1. The zero-order chi connectivity index (χ0) is 24.7. The maximum absolute atomic E-state index is 12.7. The minimum Gasteiger partial charge on any atom is -0.465 e. The van der Waals surface area contributed by atoms with Crippen LogP contribution >= 0.6 is 24.0 Å². The molecule has 0 spiro atoms. The molecular formula is C24H23N3O5S2. The molecule has 0 aromatic heterocycles. The van der Waals surface area contributed by atoms with E-state index in [4.69, 9.17) is 12.2 Å². The smallest absolute Gasteiger partial charge is 0.337 e. The fourth-order valence-electron chi connectivity index (χ4n) is 3.04. The summed E-state index contributed by atoms with van der Waals surface area (Å²) in [6.07, 6.45) is 2.19. The number of esters is 1. The van der Waals surface area contributed by atoms with Crippen LogP contribution in [-0.2, 0) is 14.3 Å². The van der Waals surface area contributed by atoms with Gasteiger partial charge in [0.15, 0.2) is 0 Å². The van der Waals surface area contributed by atoms with Crippen molar-refractivity contribution in [2.45, 2.75) is 19.8 Å². The minimum atomic E-state index is -0.434. The highest BCUT2D eigenvalue weighted by molar-refractivity contribution is 8.26. The molecule has 176 valence electrons. The van der Waals surface area contributed by atoms with Gasteiger partial charge in [-0.15, -0.1) is 0 Å². The first-order chi connectivity index (χ1) is 16.3. The van der Waals surface area contributed by atoms with Crippen molar-refractivity contribution in [3.63, 3.8) is 0 Å². The van der Waals surface area contributed by atoms with Crippen molar-refractivity contribution in [3.05, 3.63) is 75.7 Å². The van der Waals surface area contributed by atoms with Gasteiger partial charge in [-0.2, -0.15) is 0 Å². The van der Waals surface area contributed by atoms with Gasteiger partial charge in [0.2, 0.25) is 5.91 Å². The van der Waals surface area contributed by atoms with E-state index in [9.17, 15) is 19.2 Å². The van der Waals surface area contributed by atoms with Crippen LogP contribution in [0.15, 0.2) is 53.4 Å². The second-order valence-electron chi connectivity index (χ2n) is 7.42. The van der Waals surface area contributed by atoms with E-state index in [1.54, 1.807) is 42.5 Å². The van der Waals surface area contributed by atoms with Crippen LogP contribution in [-0.4, -0.2) is 46.6 Å². The minimum absolute atomic E-state index is 0.110. The van der Waals surface area contributed by atoms with Crippen LogP contribution in [0.2, 0.25) is 0 Å². The lowest BCUT2D eigenvalue weighted by Crippen LogP contribution is -2.41. The maximum atomic E-state index is 12.7. The second-order valence-corrected chi connectivity index (χ2v) is 9.09. The number of thiocarbonyl (C=S) groups is 1. The zero-order valence-corrected chi connectivity index (χ0v) is 20.3. The van der Waals surface area contributed by atoms with Crippen molar-refractivity contribution < 1.29 is 23.9 Å². The molecule has 0 aliphatic carbocycles. The van der Waals surface area contributed by atoms with E-state index in [2.05, 4.69) is 15.6 Å². The summed E-state index contributed by atoms with van der Waals surface area (Å²) in [7, 11) is 1.31. The average Bonchev–Trinajstić information content (AvgIpc) is 3.10. The summed E-state index contributed by atoms with van der Waals surface area (Å²) < 4.78 is 5.09. The Balaban J connectivity index is 1.47. The summed E-state index contributed by atoms with van der Waals surface area (Å²) in [6, 6.07) is 13.6. The van der Waals surface area contributed by atoms with E-state index in [0.29, 0.717) is 26.8 Å². The summed E-state index contributed by atoms with van der Waals surface area (Å²) in [5, 5.41) is 0. The number of thioether (sulfide) groups is 1. The van der Waals surface area contributed by atoms with Crippen LogP contribution in [0, 0.1) is 6.92 Å². The van der Waals surface area contributed by atoms with Crippen molar-refractivity contribution in [3.8, 4) is 0 Å². The molecular weight excluding hydrogens is 474 g/mol. The first kappa shape index (κ1) is 25.1. The average molecular weight is 498 g/mol. The zero-order valence-electron chi connectivity index (χ0n) is 18.6. The molecule has 0 bridgehead atoms. The molecule has 1 aliphatic rings. The Morgan fingerprint density at radius 2 is 1.68 bits per heavy atom. The Hall–Kier alpha value is -3.50. The molecule has 8 nitrogen and oxygen atoms in total. The molecule has 0 saturated carbocycles. The lowest BCUT2D eigenvalue weighted by molar-refractivity contribution is -0.124. The molecule has 0 atom stereocenters. The third kappa shape index (κ3) is 6.52. The normalized spacial score (nSPS) is 14.3. The number of rotatable bonds is 7. The molecule has 10 heteroatoms. The number of hydrogen-bond acceptors (Lipinski definition) is 7. The number of hydrogen-bond donors (Lipinski definition) is 2. The second kappa shape index (κ2) is 11.6. The standard InChI is InChI=1S/C24H23N3O5S2/c1-15-5-9-17(10-6-15)21(29)26-25-20(28)4-3-13-27-22(30)19(34-24(27)33)14-16-7-11-18(12-8-16)23(31)32-2/h5-12,14H,3-4,13H2,1-2H3,(H,25,28)(H,26,29)/b19-14-. The largest absolute Gasteiger partial charge is 0.465 e. The van der Waals surface area contributed by atoms with Gasteiger partial charge in [0.1, 0.15) is 4.32 Å². The van der Waals surface area contributed by atoms with E-state index in [1.807, 2.05) is 19.1 Å². The van der Waals surface area contributed by atoms with Crippen LogP contribution in [0.3, 0.4) is 0 Å². The molecule has 1 heterocycles. The molecule has 1 saturated heterocycles. The van der Waals surface area contributed by atoms with Crippen LogP contribution in [0.5, 0.6) is 0 Å². The maximum Gasteiger partial charge on any atom is 0.337 e. The third-order valence-corrected chi connectivity index (χ3v) is 6.30. The first-order valence-corrected chi connectivity index (χ1v) is 11.6. The molecule has 34 heavy (non-hydrogen) atoms. The Kier molecular flexibility index (Phi) is 8.55. The van der Waals surface area contributed by atoms with Crippen LogP contribution in [0.25, 0.3) is 6.08 Å². The van der Waals surface area contributed by atoms with Crippen LogP contribution in [0.4, 0.5) is 0 Å². The number of carbonyl (C=O) groups is 4. The van der Waals surface area contributed by atoms with Crippen molar-refractivity contribution in [1.82, 2.24) is 15.8 Å². The predicted octanol–water partition coefficient (Wildman–Crippen LogP) is 3.22. The van der Waals surface area contributed by atoms with Gasteiger partial charge < -0.3 is 4.74 Å². The monoisotopic (exact) mass is 497 g/mol. The molecule has 3 amide bonds. The molecule has 2 aromatic rings. The molecule has 0 radical (unpaired) electrons. The SMILES string of the molecule is COC(=O)c1ccc(/C=C2\SC(=S)N(CCCC(=O)NNC(=O)c3ccc(C)cc3)C2=O)cc1. The Labute approximate surface area is 206 Å². The molecule has 1 aliphatic heterocycles. The first-order valence-electron chi connectivity index (χ1n) is 10.4. The third-order valence-electron chi connectivity index (χ3n) is 4.92. The number of nitrogens with one attached hydrogen (secondary N) is 2. The predicted molar refractivity (Wildman–Crippen MR) is 134 cm³/mol. The van der Waals surface area contributed by atoms with Crippen LogP contribution in [0.1, 0.15) is 44.7 Å². The van der Waals surface area contributed by atoms with Crippen LogP contribution < -0.4 is 10.9 Å². The lowest BCUT2D eigenvalue weighted by atomic mass is 10.1. The summed E-state index contributed by atoms with van der Waals surface area (Å²) in [5.41, 5.74) is 7.39. The van der Waals surface area contributed by atoms with Gasteiger partial charge in [-0.1, -0.05) is 53.8 Å². The van der Waals surface area contributed by atoms with Gasteiger partial charge in [0.05, 0.1) is 17.6 Å². The van der Waals surface area contributed by atoms with Gasteiger partial charge in [0, 0.05) is 18.5 Å². The van der Waals surface area contributed by atoms with E-state index in [0.717, 1.165) is 11.1 Å². The summed E-state index contributed by atoms with van der Waals surface area (Å²) in [6.45, 7) is 2.20. The van der Waals surface area contributed by atoms with Crippen molar-refractivity contribution >= 4 is 58.1 Å². The highest BCUT2D eigenvalue weighted by atomic mass is 32.2. The van der Waals surface area contributed by atoms with Crippen molar-refractivity contribution in [2.24, 2.45) is 0 Å². The number of amides is 3. The number of aryl methyl sites for hydroxylation is 1. The van der Waals surface area contributed by atoms with Gasteiger partial charge >= 0.3 is 5.97 Å². The van der Waals surface area contributed by atoms with E-state index in [-0.39, 0.29) is 24.8 Å². The van der Waals surface area contributed by atoms with Gasteiger partial charge in [-0.25, -0.2) is 4.79 Å².